The van der Waals surface area contributed by atoms with Crippen molar-refractivity contribution >= 4 is 22.4 Å². The van der Waals surface area contributed by atoms with E-state index in [1.807, 2.05) is 20.8 Å². The number of amides is 1. The van der Waals surface area contributed by atoms with Crippen LogP contribution in [0.4, 0.5) is 5.13 Å². The minimum absolute atomic E-state index is 0.111. The largest absolute Gasteiger partial charge is 0.393 e. The molecule has 0 aliphatic heterocycles. The Hall–Kier alpha value is -1.14. The van der Waals surface area contributed by atoms with Crippen LogP contribution in [0, 0.1) is 5.41 Å². The summed E-state index contributed by atoms with van der Waals surface area (Å²) in [4.78, 5) is 16.7. The van der Waals surface area contributed by atoms with Crippen LogP contribution in [0.15, 0.2) is 6.20 Å². The average Bonchev–Trinajstić information content (AvgIpc) is 2.73. The van der Waals surface area contributed by atoms with Gasteiger partial charge in [-0.25, -0.2) is 4.98 Å². The number of aliphatic hydroxyl groups is 1. The average molecular weight is 285 g/mol. The highest BCUT2D eigenvalue weighted by Crippen LogP contribution is 2.22. The first-order valence-corrected chi connectivity index (χ1v) is 7.31. The van der Waals surface area contributed by atoms with Gasteiger partial charge in [0.05, 0.1) is 12.3 Å². The fourth-order valence-electron chi connectivity index (χ4n) is 1.89. The Morgan fingerprint density at radius 1 is 1.58 bits per heavy atom. The Labute approximate surface area is 118 Å². The van der Waals surface area contributed by atoms with Gasteiger partial charge in [-0.15, -0.1) is 0 Å². The lowest BCUT2D eigenvalue weighted by molar-refractivity contribution is 0.0905. The lowest BCUT2D eigenvalue weighted by Crippen LogP contribution is -2.35. The van der Waals surface area contributed by atoms with Crippen LogP contribution in [0.2, 0.25) is 0 Å². The molecule has 1 atom stereocenters. The molecule has 1 aromatic heterocycles. The number of carbonyl (C=O) groups excluding carboxylic acids is 1. The van der Waals surface area contributed by atoms with Gasteiger partial charge in [0.1, 0.15) is 4.88 Å². The number of nitrogens with zero attached hydrogens (tertiary/aromatic N) is 1. The Balaban J connectivity index is 2.50. The van der Waals surface area contributed by atoms with Gasteiger partial charge in [0.25, 0.3) is 5.91 Å². The molecular formula is C13H23N3O2S. The van der Waals surface area contributed by atoms with Crippen molar-refractivity contribution in [3.05, 3.63) is 11.1 Å². The van der Waals surface area contributed by atoms with Gasteiger partial charge in [-0.1, -0.05) is 25.2 Å². The van der Waals surface area contributed by atoms with Crippen molar-refractivity contribution in [2.75, 3.05) is 18.4 Å². The van der Waals surface area contributed by atoms with Gasteiger partial charge < -0.3 is 15.7 Å². The van der Waals surface area contributed by atoms with Crippen molar-refractivity contribution in [1.29, 1.82) is 0 Å². The summed E-state index contributed by atoms with van der Waals surface area (Å²) in [6, 6.07) is 0. The zero-order valence-electron chi connectivity index (χ0n) is 12.0. The third-order valence-corrected chi connectivity index (χ3v) is 3.59. The fraction of sp³-hybridized carbons (Fsp3) is 0.692. The van der Waals surface area contributed by atoms with Gasteiger partial charge in [-0.05, 0) is 25.7 Å². The molecular weight excluding hydrogens is 262 g/mol. The van der Waals surface area contributed by atoms with Crippen LogP contribution < -0.4 is 10.6 Å². The molecule has 1 amide bonds. The van der Waals surface area contributed by atoms with Crippen LogP contribution in [0.3, 0.4) is 0 Å². The molecule has 0 spiro atoms. The first-order chi connectivity index (χ1) is 8.84. The van der Waals surface area contributed by atoms with Crippen LogP contribution in [0.5, 0.6) is 0 Å². The van der Waals surface area contributed by atoms with Gasteiger partial charge in [0.2, 0.25) is 0 Å². The molecule has 1 unspecified atom stereocenters. The Morgan fingerprint density at radius 3 is 2.84 bits per heavy atom. The molecule has 0 aliphatic rings. The monoisotopic (exact) mass is 285 g/mol. The molecule has 6 heteroatoms. The van der Waals surface area contributed by atoms with E-state index in [0.717, 1.165) is 11.7 Å². The van der Waals surface area contributed by atoms with E-state index in [4.69, 9.17) is 0 Å². The minimum Gasteiger partial charge on any atom is -0.393 e. The number of aromatic nitrogens is 1. The highest BCUT2D eigenvalue weighted by atomic mass is 32.1. The molecule has 0 radical (unpaired) electrons. The Morgan fingerprint density at radius 2 is 2.26 bits per heavy atom. The first kappa shape index (κ1) is 15.9. The number of thiazole rings is 1. The zero-order chi connectivity index (χ0) is 14.5. The lowest BCUT2D eigenvalue weighted by atomic mass is 9.87. The maximum absolute atomic E-state index is 12.0. The highest BCUT2D eigenvalue weighted by Gasteiger charge is 2.22. The van der Waals surface area contributed by atoms with Crippen molar-refractivity contribution in [3.63, 3.8) is 0 Å². The summed E-state index contributed by atoms with van der Waals surface area (Å²) >= 11 is 1.35. The van der Waals surface area contributed by atoms with E-state index < -0.39 is 0 Å². The van der Waals surface area contributed by atoms with Crippen LogP contribution in [-0.4, -0.2) is 35.2 Å². The quantitative estimate of drug-likeness (QED) is 0.717. The SMILES string of the molecule is CCNc1ncc(C(=O)NCC(C)(C)CC(C)O)s1. The molecule has 0 bridgehead atoms. The zero-order valence-corrected chi connectivity index (χ0v) is 12.8. The molecule has 0 saturated carbocycles. The molecule has 3 N–H and O–H groups in total. The molecule has 19 heavy (non-hydrogen) atoms. The standard InChI is InChI=1S/C13H23N3O2S/c1-5-14-12-15-7-10(19-12)11(18)16-8-13(3,4)6-9(2)17/h7,9,17H,5-6,8H2,1-4H3,(H,14,15)(H,16,18). The second kappa shape index (κ2) is 6.86. The van der Waals surface area contributed by atoms with Gasteiger partial charge in [0, 0.05) is 13.1 Å². The van der Waals surface area contributed by atoms with Crippen molar-refractivity contribution in [2.24, 2.45) is 5.41 Å². The van der Waals surface area contributed by atoms with Gasteiger partial charge >= 0.3 is 0 Å². The molecule has 1 rings (SSSR count). The smallest absolute Gasteiger partial charge is 0.263 e. The molecule has 108 valence electrons. The summed E-state index contributed by atoms with van der Waals surface area (Å²) in [7, 11) is 0. The van der Waals surface area contributed by atoms with E-state index in [0.29, 0.717) is 17.8 Å². The predicted molar refractivity (Wildman–Crippen MR) is 78.7 cm³/mol. The molecule has 5 nitrogen and oxygen atoms in total. The van der Waals surface area contributed by atoms with E-state index in [-0.39, 0.29) is 17.4 Å². The second-order valence-electron chi connectivity index (χ2n) is 5.46. The van der Waals surface area contributed by atoms with Crippen molar-refractivity contribution in [3.8, 4) is 0 Å². The first-order valence-electron chi connectivity index (χ1n) is 6.50. The van der Waals surface area contributed by atoms with Gasteiger partial charge in [0.15, 0.2) is 5.13 Å². The topological polar surface area (TPSA) is 74.2 Å². The fourth-order valence-corrected chi connectivity index (χ4v) is 2.69. The number of nitrogens with one attached hydrogen (secondary N) is 2. The number of aliphatic hydroxyl groups excluding tert-OH is 1. The van der Waals surface area contributed by atoms with Crippen LogP contribution in [0.1, 0.15) is 43.8 Å². The van der Waals surface area contributed by atoms with E-state index in [9.17, 15) is 9.90 Å². The summed E-state index contributed by atoms with van der Waals surface area (Å²) in [5.74, 6) is -0.111. The van der Waals surface area contributed by atoms with E-state index in [1.54, 1.807) is 13.1 Å². The summed E-state index contributed by atoms with van der Waals surface area (Å²) < 4.78 is 0. The number of hydrogen-bond donors (Lipinski definition) is 3. The number of carbonyl (C=O) groups is 1. The second-order valence-corrected chi connectivity index (χ2v) is 6.49. The molecule has 0 aromatic carbocycles. The minimum atomic E-state index is -0.365. The van der Waals surface area contributed by atoms with Crippen LogP contribution in [-0.2, 0) is 0 Å². The molecule has 0 saturated heterocycles. The van der Waals surface area contributed by atoms with Crippen molar-refractivity contribution in [1.82, 2.24) is 10.3 Å². The summed E-state index contributed by atoms with van der Waals surface area (Å²) in [5.41, 5.74) is -0.126. The number of hydrogen-bond acceptors (Lipinski definition) is 5. The predicted octanol–water partition coefficient (Wildman–Crippen LogP) is 2.10. The third kappa shape index (κ3) is 5.57. The molecule has 1 aromatic rings. The maximum Gasteiger partial charge on any atom is 0.263 e. The molecule has 0 aliphatic carbocycles. The molecule has 0 fully saturated rings. The summed E-state index contributed by atoms with van der Waals surface area (Å²) in [5, 5.41) is 16.1. The summed E-state index contributed by atoms with van der Waals surface area (Å²) in [6.07, 6.45) is 1.87. The van der Waals surface area contributed by atoms with E-state index >= 15 is 0 Å². The third-order valence-electron chi connectivity index (χ3n) is 2.63. The van der Waals surface area contributed by atoms with E-state index in [2.05, 4.69) is 15.6 Å². The van der Waals surface area contributed by atoms with Gasteiger partial charge in [-0.3, -0.25) is 4.79 Å². The molecule has 1 heterocycles. The van der Waals surface area contributed by atoms with Gasteiger partial charge in [-0.2, -0.15) is 0 Å². The maximum atomic E-state index is 12.0. The van der Waals surface area contributed by atoms with Crippen molar-refractivity contribution in [2.45, 2.75) is 40.2 Å². The summed E-state index contributed by atoms with van der Waals surface area (Å²) in [6.45, 7) is 9.11. The van der Waals surface area contributed by atoms with E-state index in [1.165, 1.54) is 11.3 Å². The Kier molecular flexibility index (Phi) is 5.75. The highest BCUT2D eigenvalue weighted by molar-refractivity contribution is 7.17. The van der Waals surface area contributed by atoms with Crippen LogP contribution in [0.25, 0.3) is 0 Å². The van der Waals surface area contributed by atoms with Crippen molar-refractivity contribution < 1.29 is 9.90 Å². The lowest BCUT2D eigenvalue weighted by Gasteiger charge is -2.26. The Bertz CT molecular complexity index is 416. The van der Waals surface area contributed by atoms with Crippen LogP contribution >= 0.6 is 11.3 Å². The number of rotatable bonds is 7. The normalized spacial score (nSPS) is 13.1. The number of anilines is 1.